The van der Waals surface area contributed by atoms with Crippen LogP contribution in [0.15, 0.2) is 48.7 Å². The second-order valence-corrected chi connectivity index (χ2v) is 6.10. The van der Waals surface area contributed by atoms with Gasteiger partial charge in [0.15, 0.2) is 5.65 Å². The van der Waals surface area contributed by atoms with Crippen LogP contribution in [-0.4, -0.2) is 31.3 Å². The zero-order chi connectivity index (χ0) is 16.5. The Bertz CT molecular complexity index is 898. The summed E-state index contributed by atoms with van der Waals surface area (Å²) in [6.07, 6.45) is 3.71. The van der Waals surface area contributed by atoms with E-state index in [0.717, 1.165) is 24.1 Å². The van der Waals surface area contributed by atoms with Crippen molar-refractivity contribution in [3.05, 3.63) is 48.7 Å². The van der Waals surface area contributed by atoms with Gasteiger partial charge in [0, 0.05) is 11.6 Å². The monoisotopic (exact) mass is 337 g/mol. The SMILES string of the molecule is O=C(Nc1ccc2ncc(-c3ccccc3)nc2n1)N(S)C1CC1. The second-order valence-electron chi connectivity index (χ2n) is 5.67. The first-order valence-electron chi connectivity index (χ1n) is 7.69. The Balaban J connectivity index is 1.62. The van der Waals surface area contributed by atoms with Gasteiger partial charge in [0.25, 0.3) is 0 Å². The molecule has 6 nitrogen and oxygen atoms in total. The molecular formula is C17H15N5OS. The number of aromatic nitrogens is 3. The van der Waals surface area contributed by atoms with Crippen molar-refractivity contribution >= 4 is 35.8 Å². The van der Waals surface area contributed by atoms with Gasteiger partial charge in [-0.05, 0) is 25.0 Å². The highest BCUT2D eigenvalue weighted by Crippen LogP contribution is 2.28. The summed E-state index contributed by atoms with van der Waals surface area (Å²) in [5.41, 5.74) is 2.88. The Morgan fingerprint density at radius 1 is 1.12 bits per heavy atom. The van der Waals surface area contributed by atoms with Crippen molar-refractivity contribution < 1.29 is 4.79 Å². The third-order valence-corrected chi connectivity index (χ3v) is 4.32. The van der Waals surface area contributed by atoms with Gasteiger partial charge in [-0.25, -0.2) is 14.8 Å². The highest BCUT2D eigenvalue weighted by Gasteiger charge is 2.30. The summed E-state index contributed by atoms with van der Waals surface area (Å²) in [4.78, 5) is 25.4. The summed E-state index contributed by atoms with van der Waals surface area (Å²) in [5.74, 6) is 0.437. The number of anilines is 1. The molecule has 0 spiro atoms. The normalized spacial score (nSPS) is 13.7. The number of fused-ring (bicyclic) bond motifs is 1. The molecule has 0 atom stereocenters. The van der Waals surface area contributed by atoms with Crippen LogP contribution in [0.3, 0.4) is 0 Å². The van der Waals surface area contributed by atoms with Crippen molar-refractivity contribution in [2.24, 2.45) is 0 Å². The minimum Gasteiger partial charge on any atom is -0.291 e. The van der Waals surface area contributed by atoms with E-state index in [4.69, 9.17) is 0 Å². The maximum Gasteiger partial charge on any atom is 0.333 e. The maximum atomic E-state index is 12.1. The summed E-state index contributed by atoms with van der Waals surface area (Å²) in [6, 6.07) is 13.2. The molecule has 0 aliphatic heterocycles. The lowest BCUT2D eigenvalue weighted by Gasteiger charge is -2.15. The van der Waals surface area contributed by atoms with Gasteiger partial charge in [-0.15, -0.1) is 0 Å². The number of nitrogens with zero attached hydrogens (tertiary/aromatic N) is 4. The first-order chi connectivity index (χ1) is 11.7. The third-order valence-electron chi connectivity index (χ3n) is 3.81. The number of benzene rings is 1. The van der Waals surface area contributed by atoms with Gasteiger partial charge in [-0.3, -0.25) is 14.6 Å². The molecule has 3 aromatic rings. The molecular weight excluding hydrogens is 322 g/mol. The van der Waals surface area contributed by atoms with Crippen molar-refractivity contribution in [3.63, 3.8) is 0 Å². The number of amides is 2. The highest BCUT2D eigenvalue weighted by molar-refractivity contribution is 7.78. The number of rotatable bonds is 3. The minimum atomic E-state index is -0.278. The summed E-state index contributed by atoms with van der Waals surface area (Å²) in [6.45, 7) is 0. The van der Waals surface area contributed by atoms with Crippen LogP contribution >= 0.6 is 12.8 Å². The van der Waals surface area contributed by atoms with E-state index < -0.39 is 0 Å². The molecule has 120 valence electrons. The predicted octanol–water partition coefficient (Wildman–Crippen LogP) is 3.53. The van der Waals surface area contributed by atoms with Gasteiger partial charge in [0.2, 0.25) is 0 Å². The molecule has 2 aromatic heterocycles. The Morgan fingerprint density at radius 3 is 2.67 bits per heavy atom. The quantitative estimate of drug-likeness (QED) is 0.717. The van der Waals surface area contributed by atoms with Crippen LogP contribution in [0.1, 0.15) is 12.8 Å². The average Bonchev–Trinajstić information content (AvgIpc) is 3.46. The van der Waals surface area contributed by atoms with E-state index in [1.54, 1.807) is 18.3 Å². The van der Waals surface area contributed by atoms with E-state index in [0.29, 0.717) is 17.0 Å². The fourth-order valence-electron chi connectivity index (χ4n) is 2.37. The molecule has 1 saturated carbocycles. The first kappa shape index (κ1) is 14.9. The van der Waals surface area contributed by atoms with Gasteiger partial charge in [-0.1, -0.05) is 43.1 Å². The number of hydrogen-bond donors (Lipinski definition) is 2. The van der Waals surface area contributed by atoms with E-state index >= 15 is 0 Å². The topological polar surface area (TPSA) is 71.0 Å². The van der Waals surface area contributed by atoms with Crippen LogP contribution in [0, 0.1) is 0 Å². The Hall–Kier alpha value is -2.67. The lowest BCUT2D eigenvalue weighted by atomic mass is 10.2. The van der Waals surface area contributed by atoms with Gasteiger partial charge in [-0.2, -0.15) is 0 Å². The molecule has 0 bridgehead atoms. The molecule has 0 radical (unpaired) electrons. The van der Waals surface area contributed by atoms with E-state index in [2.05, 4.69) is 33.1 Å². The summed E-state index contributed by atoms with van der Waals surface area (Å²) >= 11 is 4.22. The van der Waals surface area contributed by atoms with Crippen molar-refractivity contribution in [2.75, 3.05) is 5.32 Å². The van der Waals surface area contributed by atoms with Crippen LogP contribution in [0.2, 0.25) is 0 Å². The smallest absolute Gasteiger partial charge is 0.291 e. The standard InChI is InChI=1S/C17H15N5OS/c23-17(22(24)12-6-7-12)21-15-9-8-13-16(20-15)19-14(10-18-13)11-4-2-1-3-5-11/h1-5,8-10,12,24H,6-7H2,(H,19,20,21,23). The number of nitrogens with one attached hydrogen (secondary N) is 1. The van der Waals surface area contributed by atoms with Gasteiger partial charge in [0.05, 0.1) is 11.9 Å². The van der Waals surface area contributed by atoms with E-state index in [9.17, 15) is 4.79 Å². The molecule has 1 aliphatic carbocycles. The minimum absolute atomic E-state index is 0.221. The second kappa shape index (κ2) is 6.09. The highest BCUT2D eigenvalue weighted by atomic mass is 32.1. The van der Waals surface area contributed by atoms with Crippen LogP contribution in [0.4, 0.5) is 10.6 Å². The molecule has 1 fully saturated rings. The summed E-state index contributed by atoms with van der Waals surface area (Å²) in [5, 5.41) is 2.75. The molecule has 1 aliphatic rings. The Morgan fingerprint density at radius 2 is 1.92 bits per heavy atom. The third kappa shape index (κ3) is 3.03. The van der Waals surface area contributed by atoms with Gasteiger partial charge < -0.3 is 0 Å². The zero-order valence-corrected chi connectivity index (χ0v) is 13.6. The van der Waals surface area contributed by atoms with Gasteiger partial charge in [0.1, 0.15) is 11.3 Å². The lowest BCUT2D eigenvalue weighted by Crippen LogP contribution is -2.29. The predicted molar refractivity (Wildman–Crippen MR) is 95.6 cm³/mol. The molecule has 2 amide bonds. The lowest BCUT2D eigenvalue weighted by molar-refractivity contribution is 0.238. The van der Waals surface area contributed by atoms with Crippen LogP contribution in [0.25, 0.3) is 22.4 Å². The number of hydrogen-bond acceptors (Lipinski definition) is 5. The number of pyridine rings is 1. The number of urea groups is 1. The van der Waals surface area contributed by atoms with Crippen LogP contribution in [-0.2, 0) is 0 Å². The fourth-order valence-corrected chi connectivity index (χ4v) is 2.65. The number of carbonyl (C=O) groups is 1. The molecule has 7 heteroatoms. The number of carbonyl (C=O) groups excluding carboxylic acids is 1. The molecule has 24 heavy (non-hydrogen) atoms. The van der Waals surface area contributed by atoms with Crippen molar-refractivity contribution in [1.82, 2.24) is 19.3 Å². The van der Waals surface area contributed by atoms with E-state index in [1.165, 1.54) is 4.31 Å². The molecule has 1 aromatic carbocycles. The maximum absolute atomic E-state index is 12.1. The Kier molecular flexibility index (Phi) is 3.78. The van der Waals surface area contributed by atoms with Crippen LogP contribution < -0.4 is 5.32 Å². The largest absolute Gasteiger partial charge is 0.333 e. The Labute approximate surface area is 144 Å². The van der Waals surface area contributed by atoms with Crippen molar-refractivity contribution in [3.8, 4) is 11.3 Å². The van der Waals surface area contributed by atoms with E-state index in [1.807, 2.05) is 30.3 Å². The summed E-state index contributed by atoms with van der Waals surface area (Å²) < 4.78 is 1.41. The van der Waals surface area contributed by atoms with Gasteiger partial charge >= 0.3 is 6.03 Å². The van der Waals surface area contributed by atoms with Crippen molar-refractivity contribution in [1.29, 1.82) is 0 Å². The molecule has 0 unspecified atom stereocenters. The number of thiol groups is 1. The molecule has 4 rings (SSSR count). The zero-order valence-electron chi connectivity index (χ0n) is 12.8. The first-order valence-corrected chi connectivity index (χ1v) is 8.09. The molecule has 1 N–H and O–H groups in total. The molecule has 2 heterocycles. The van der Waals surface area contributed by atoms with Crippen LogP contribution in [0.5, 0.6) is 0 Å². The summed E-state index contributed by atoms with van der Waals surface area (Å²) in [7, 11) is 0. The average molecular weight is 337 g/mol. The fraction of sp³-hybridized carbons (Fsp3) is 0.176. The molecule has 0 saturated heterocycles. The van der Waals surface area contributed by atoms with Crippen molar-refractivity contribution in [2.45, 2.75) is 18.9 Å². The van der Waals surface area contributed by atoms with E-state index in [-0.39, 0.29) is 12.1 Å².